The molecule has 0 aliphatic heterocycles. The Morgan fingerprint density at radius 1 is 1.20 bits per heavy atom. The molecule has 106 valence electrons. The lowest BCUT2D eigenvalue weighted by Gasteiger charge is -2.15. The van der Waals surface area contributed by atoms with Crippen LogP contribution in [0.25, 0.3) is 10.9 Å². The first-order valence-corrected chi connectivity index (χ1v) is 7.12. The summed E-state index contributed by atoms with van der Waals surface area (Å²) >= 11 is 0. The van der Waals surface area contributed by atoms with Gasteiger partial charge in [0.25, 0.3) is 0 Å². The molecule has 5 heteroatoms. The quantitative estimate of drug-likeness (QED) is 0.752. The Bertz CT molecular complexity index is 610. The van der Waals surface area contributed by atoms with Gasteiger partial charge < -0.3 is 15.7 Å². The normalized spacial score (nSPS) is 16.1. The zero-order valence-corrected chi connectivity index (χ0v) is 11.7. The van der Waals surface area contributed by atoms with Crippen molar-refractivity contribution in [2.24, 2.45) is 5.41 Å². The van der Waals surface area contributed by atoms with E-state index in [1.807, 2.05) is 31.2 Å². The molecule has 1 aliphatic carbocycles. The van der Waals surface area contributed by atoms with Gasteiger partial charge in [-0.3, -0.25) is 0 Å². The van der Waals surface area contributed by atoms with Crippen LogP contribution in [0.3, 0.4) is 0 Å². The molecule has 1 fully saturated rings. The number of aliphatic hydroxyl groups excluding tert-OH is 1. The summed E-state index contributed by atoms with van der Waals surface area (Å²) in [4.78, 5) is 9.04. The molecule has 0 amide bonds. The lowest BCUT2D eigenvalue weighted by Crippen LogP contribution is -2.20. The zero-order valence-electron chi connectivity index (χ0n) is 11.7. The van der Waals surface area contributed by atoms with Gasteiger partial charge in [0.1, 0.15) is 5.82 Å². The van der Waals surface area contributed by atoms with Crippen LogP contribution < -0.4 is 10.6 Å². The maximum Gasteiger partial charge on any atom is 0.225 e. The van der Waals surface area contributed by atoms with Gasteiger partial charge in [-0.25, -0.2) is 4.98 Å². The maximum atomic E-state index is 9.40. The topological polar surface area (TPSA) is 70.1 Å². The third-order valence-corrected chi connectivity index (χ3v) is 3.86. The van der Waals surface area contributed by atoms with Crippen molar-refractivity contribution < 1.29 is 5.11 Å². The number of aromatic nitrogens is 2. The number of nitrogens with zero attached hydrogens (tertiary/aromatic N) is 2. The van der Waals surface area contributed by atoms with E-state index in [4.69, 9.17) is 0 Å². The fraction of sp³-hybridized carbons (Fsp3) is 0.467. The maximum absolute atomic E-state index is 9.40. The van der Waals surface area contributed by atoms with Crippen LogP contribution in [0.15, 0.2) is 24.3 Å². The van der Waals surface area contributed by atoms with Crippen molar-refractivity contribution in [1.82, 2.24) is 9.97 Å². The molecule has 1 aromatic heterocycles. The molecule has 1 heterocycles. The smallest absolute Gasteiger partial charge is 0.225 e. The number of para-hydroxylation sites is 1. The summed E-state index contributed by atoms with van der Waals surface area (Å²) < 4.78 is 0. The van der Waals surface area contributed by atoms with Gasteiger partial charge in [-0.2, -0.15) is 4.98 Å². The van der Waals surface area contributed by atoms with Crippen LogP contribution in [0.4, 0.5) is 11.8 Å². The third-order valence-electron chi connectivity index (χ3n) is 3.86. The fourth-order valence-corrected chi connectivity index (χ4v) is 2.29. The number of hydrogen-bond acceptors (Lipinski definition) is 5. The highest BCUT2D eigenvalue weighted by Crippen LogP contribution is 2.45. The Balaban J connectivity index is 1.90. The van der Waals surface area contributed by atoms with Crippen molar-refractivity contribution in [3.8, 4) is 0 Å². The van der Waals surface area contributed by atoms with Crippen LogP contribution >= 0.6 is 0 Å². The van der Waals surface area contributed by atoms with Gasteiger partial charge in [0, 0.05) is 23.9 Å². The highest BCUT2D eigenvalue weighted by atomic mass is 16.3. The van der Waals surface area contributed by atoms with Gasteiger partial charge in [-0.1, -0.05) is 12.1 Å². The summed E-state index contributed by atoms with van der Waals surface area (Å²) in [6, 6.07) is 7.97. The van der Waals surface area contributed by atoms with Gasteiger partial charge >= 0.3 is 0 Å². The molecule has 2 aromatic rings. The number of rotatable bonds is 6. The molecule has 1 aliphatic rings. The Kier molecular flexibility index (Phi) is 3.44. The Morgan fingerprint density at radius 2 is 2.00 bits per heavy atom. The van der Waals surface area contributed by atoms with Crippen molar-refractivity contribution in [3.63, 3.8) is 0 Å². The average Bonchev–Trinajstić information content (AvgIpc) is 3.26. The van der Waals surface area contributed by atoms with E-state index in [-0.39, 0.29) is 12.0 Å². The Morgan fingerprint density at radius 3 is 2.70 bits per heavy atom. The zero-order chi connectivity index (χ0) is 14.0. The first kappa shape index (κ1) is 13.1. The average molecular weight is 272 g/mol. The molecular formula is C15H20N4O. The summed E-state index contributed by atoms with van der Waals surface area (Å²) in [6.07, 6.45) is 2.17. The van der Waals surface area contributed by atoms with Crippen LogP contribution in [-0.4, -0.2) is 34.8 Å². The van der Waals surface area contributed by atoms with Gasteiger partial charge in [-0.05, 0) is 31.9 Å². The molecule has 0 radical (unpaired) electrons. The van der Waals surface area contributed by atoms with Crippen molar-refractivity contribution >= 4 is 22.7 Å². The van der Waals surface area contributed by atoms with E-state index in [0.717, 1.165) is 42.7 Å². The number of nitrogens with one attached hydrogen (secondary N) is 2. The number of benzene rings is 1. The van der Waals surface area contributed by atoms with Gasteiger partial charge in [0.15, 0.2) is 0 Å². The number of aliphatic hydroxyl groups is 1. The third kappa shape index (κ3) is 2.54. The summed E-state index contributed by atoms with van der Waals surface area (Å²) in [5, 5.41) is 17.0. The van der Waals surface area contributed by atoms with Crippen LogP contribution in [0.2, 0.25) is 0 Å². The Labute approximate surface area is 118 Å². The van der Waals surface area contributed by atoms with E-state index in [1.165, 1.54) is 0 Å². The van der Waals surface area contributed by atoms with Crippen molar-refractivity contribution in [2.75, 3.05) is 30.3 Å². The van der Waals surface area contributed by atoms with Gasteiger partial charge in [0.2, 0.25) is 5.95 Å². The van der Waals surface area contributed by atoms with E-state index in [1.54, 1.807) is 0 Å². The second-order valence-corrected chi connectivity index (χ2v) is 5.45. The molecule has 0 spiro atoms. The molecule has 0 bridgehead atoms. The molecule has 0 saturated heterocycles. The minimum Gasteiger partial charge on any atom is -0.396 e. The monoisotopic (exact) mass is 272 g/mol. The summed E-state index contributed by atoms with van der Waals surface area (Å²) in [5.41, 5.74) is 0.986. The SMILES string of the molecule is CCNc1nc(NCC2(CO)CC2)c2ccccc2n1. The predicted molar refractivity (Wildman–Crippen MR) is 80.9 cm³/mol. The molecule has 5 nitrogen and oxygen atoms in total. The highest BCUT2D eigenvalue weighted by Gasteiger charge is 2.41. The lowest BCUT2D eigenvalue weighted by atomic mass is 10.1. The van der Waals surface area contributed by atoms with Crippen LogP contribution in [0, 0.1) is 5.41 Å². The molecule has 0 atom stereocenters. The molecule has 1 aromatic carbocycles. The van der Waals surface area contributed by atoms with E-state index < -0.39 is 0 Å². The van der Waals surface area contributed by atoms with Crippen LogP contribution in [-0.2, 0) is 0 Å². The molecule has 1 saturated carbocycles. The summed E-state index contributed by atoms with van der Waals surface area (Å²) in [5.74, 6) is 1.48. The molecular weight excluding hydrogens is 252 g/mol. The Hall–Kier alpha value is -1.88. The van der Waals surface area contributed by atoms with Gasteiger partial charge in [0.05, 0.1) is 12.1 Å². The first-order valence-electron chi connectivity index (χ1n) is 7.12. The number of fused-ring (bicyclic) bond motifs is 1. The second-order valence-electron chi connectivity index (χ2n) is 5.45. The lowest BCUT2D eigenvalue weighted by molar-refractivity contribution is 0.219. The minimum absolute atomic E-state index is 0.0599. The van der Waals surface area contributed by atoms with Crippen molar-refractivity contribution in [3.05, 3.63) is 24.3 Å². The fourth-order valence-electron chi connectivity index (χ4n) is 2.29. The predicted octanol–water partition coefficient (Wildman–Crippen LogP) is 2.25. The standard InChI is InChI=1S/C15H20N4O/c1-2-16-14-18-12-6-4-3-5-11(12)13(19-14)17-9-15(10-20)7-8-15/h3-6,20H,2,7-10H2,1H3,(H2,16,17,18,19). The van der Waals surface area contributed by atoms with E-state index in [9.17, 15) is 5.11 Å². The highest BCUT2D eigenvalue weighted by molar-refractivity contribution is 5.90. The van der Waals surface area contributed by atoms with E-state index in [0.29, 0.717) is 5.95 Å². The van der Waals surface area contributed by atoms with E-state index in [2.05, 4.69) is 20.6 Å². The van der Waals surface area contributed by atoms with E-state index >= 15 is 0 Å². The minimum atomic E-state index is 0.0599. The molecule has 0 unspecified atom stereocenters. The van der Waals surface area contributed by atoms with Crippen molar-refractivity contribution in [1.29, 1.82) is 0 Å². The molecule has 3 N–H and O–H groups in total. The van der Waals surface area contributed by atoms with Crippen molar-refractivity contribution in [2.45, 2.75) is 19.8 Å². The second kappa shape index (κ2) is 5.25. The number of anilines is 2. The summed E-state index contributed by atoms with van der Waals surface area (Å²) in [6.45, 7) is 3.81. The summed E-state index contributed by atoms with van der Waals surface area (Å²) in [7, 11) is 0. The van der Waals surface area contributed by atoms with Crippen LogP contribution in [0.5, 0.6) is 0 Å². The largest absolute Gasteiger partial charge is 0.396 e. The van der Waals surface area contributed by atoms with Crippen LogP contribution in [0.1, 0.15) is 19.8 Å². The van der Waals surface area contributed by atoms with Gasteiger partial charge in [-0.15, -0.1) is 0 Å². The first-order chi connectivity index (χ1) is 9.76. The molecule has 3 rings (SSSR count). The molecule has 20 heavy (non-hydrogen) atoms. The number of hydrogen-bond donors (Lipinski definition) is 3.